The first-order chi connectivity index (χ1) is 30.5. The zero-order valence-corrected chi connectivity index (χ0v) is 35.0. The molecule has 0 amide bonds. The summed E-state index contributed by atoms with van der Waals surface area (Å²) >= 11 is 0. The van der Waals surface area contributed by atoms with Crippen LogP contribution in [0.1, 0.15) is 16.7 Å². The van der Waals surface area contributed by atoms with Crippen molar-refractivity contribution in [2.75, 3.05) is 16.5 Å². The van der Waals surface area contributed by atoms with E-state index < -0.39 is 0 Å². The van der Waals surface area contributed by atoms with Crippen LogP contribution in [0, 0.1) is 20.8 Å². The van der Waals surface area contributed by atoms with E-state index in [2.05, 4.69) is 223 Å². The van der Waals surface area contributed by atoms with Crippen molar-refractivity contribution in [1.82, 2.24) is 9.55 Å². The van der Waals surface area contributed by atoms with E-state index in [9.17, 15) is 0 Å². The second-order valence-corrected chi connectivity index (χ2v) is 16.2. The van der Waals surface area contributed by atoms with Crippen molar-refractivity contribution in [2.24, 2.45) is 0 Å². The van der Waals surface area contributed by atoms with Gasteiger partial charge in [0, 0.05) is 40.5 Å². The Balaban J connectivity index is 0.985. The molecule has 8 aromatic carbocycles. The van der Waals surface area contributed by atoms with Gasteiger partial charge >= 0.3 is 0 Å². The minimum absolute atomic E-state index is 0.703. The summed E-state index contributed by atoms with van der Waals surface area (Å²) in [6.45, 7) is 7.30. The molecule has 0 aliphatic carbocycles. The first-order valence-electron chi connectivity index (χ1n) is 21.2. The van der Waals surface area contributed by atoms with Crippen molar-refractivity contribution >= 4 is 44.6 Å². The maximum atomic E-state index is 6.77. The molecule has 0 radical (unpaired) electrons. The Kier molecular flexibility index (Phi) is 9.16. The molecule has 0 saturated carbocycles. The molecule has 0 bridgehead atoms. The summed E-state index contributed by atoms with van der Waals surface area (Å²) in [6, 6.07) is 68.9. The quantitative estimate of drug-likeness (QED) is 0.153. The number of anilines is 4. The average Bonchev–Trinajstić information content (AvgIpc) is 3.85. The van der Waals surface area contributed by atoms with Crippen LogP contribution in [0.25, 0.3) is 61.0 Å². The van der Waals surface area contributed by atoms with Crippen LogP contribution >= 0.6 is 0 Å². The third kappa shape index (κ3) is 6.46. The minimum atomic E-state index is 0.703. The van der Waals surface area contributed by atoms with Gasteiger partial charge in [-0.3, -0.25) is 4.57 Å². The fourth-order valence-electron chi connectivity index (χ4n) is 9.61. The Morgan fingerprint density at radius 2 is 1.08 bits per heavy atom. The number of ether oxygens (including phenoxy) is 1. The van der Waals surface area contributed by atoms with Gasteiger partial charge in [-0.2, -0.15) is 0 Å². The standard InChI is InChI=1S/C57H44N4O/c1-38-32-39(2)57(40(3)33-38)60-37-59(52-26-12-13-27-53(52)60)44-20-14-21-45(35-44)62-46-28-29-50-49-22-10-11-25-51(49)61(54(50)36-46)55-34-43(30-31-58-55)56-47(41-16-6-4-7-17-41)23-15-24-48(56)42-18-8-5-9-19-42/h4-36H,37H2,1-3H3. The summed E-state index contributed by atoms with van der Waals surface area (Å²) in [6.07, 6.45) is 1.94. The molecule has 0 spiro atoms. The Bertz CT molecular complexity index is 3220. The zero-order valence-electron chi connectivity index (χ0n) is 35.0. The highest BCUT2D eigenvalue weighted by atomic mass is 16.5. The summed E-state index contributed by atoms with van der Waals surface area (Å²) in [4.78, 5) is 9.87. The molecule has 0 unspecified atom stereocenters. The smallest absolute Gasteiger partial charge is 0.138 e. The number of aryl methyl sites for hydroxylation is 3. The number of fused-ring (bicyclic) bond motifs is 4. The Labute approximate surface area is 362 Å². The largest absolute Gasteiger partial charge is 0.457 e. The third-order valence-corrected chi connectivity index (χ3v) is 12.2. The summed E-state index contributed by atoms with van der Waals surface area (Å²) in [7, 11) is 0. The lowest BCUT2D eigenvalue weighted by Crippen LogP contribution is -2.25. The van der Waals surface area contributed by atoms with Gasteiger partial charge in [0.1, 0.15) is 24.0 Å². The first-order valence-corrected chi connectivity index (χ1v) is 21.2. The van der Waals surface area contributed by atoms with Gasteiger partial charge < -0.3 is 14.5 Å². The fraction of sp³-hybridized carbons (Fsp3) is 0.0702. The van der Waals surface area contributed by atoms with Crippen LogP contribution in [0.15, 0.2) is 200 Å². The van der Waals surface area contributed by atoms with Gasteiger partial charge in [0.25, 0.3) is 0 Å². The van der Waals surface area contributed by atoms with E-state index >= 15 is 0 Å². The van der Waals surface area contributed by atoms with Gasteiger partial charge in [0.15, 0.2) is 0 Å². The summed E-state index contributed by atoms with van der Waals surface area (Å²) < 4.78 is 9.05. The van der Waals surface area contributed by atoms with Crippen LogP contribution in [0.5, 0.6) is 11.5 Å². The second kappa shape index (κ2) is 15.3. The molecule has 62 heavy (non-hydrogen) atoms. The average molecular weight is 801 g/mol. The SMILES string of the molecule is Cc1cc(C)c(N2CN(c3cccc(Oc4ccc5c6ccccc6n(-c6cc(-c7c(-c8ccccc8)cccc7-c7ccccc7)ccn6)c5c4)c3)c3ccccc32)c(C)c1. The second-order valence-electron chi connectivity index (χ2n) is 16.2. The van der Waals surface area contributed by atoms with Crippen LogP contribution in [-0.4, -0.2) is 16.2 Å². The van der Waals surface area contributed by atoms with Crippen molar-refractivity contribution in [3.63, 3.8) is 0 Å². The van der Waals surface area contributed by atoms with Gasteiger partial charge in [0.05, 0.1) is 22.4 Å². The molecule has 1 aliphatic rings. The Hall–Kier alpha value is -7.89. The van der Waals surface area contributed by atoms with Crippen LogP contribution in [-0.2, 0) is 0 Å². The molecule has 298 valence electrons. The van der Waals surface area contributed by atoms with E-state index in [1.54, 1.807) is 0 Å². The molecule has 11 rings (SSSR count). The molecule has 0 fully saturated rings. The highest BCUT2D eigenvalue weighted by molar-refractivity contribution is 6.09. The third-order valence-electron chi connectivity index (χ3n) is 12.2. The lowest BCUT2D eigenvalue weighted by molar-refractivity contribution is 0.483. The van der Waals surface area contributed by atoms with Crippen molar-refractivity contribution in [1.29, 1.82) is 0 Å². The molecule has 10 aromatic rings. The molecule has 0 N–H and O–H groups in total. The number of rotatable bonds is 8. The van der Waals surface area contributed by atoms with E-state index in [1.807, 2.05) is 12.3 Å². The molecular formula is C57H44N4O. The molecule has 2 aromatic heterocycles. The lowest BCUT2D eigenvalue weighted by atomic mass is 9.88. The van der Waals surface area contributed by atoms with Crippen molar-refractivity contribution in [2.45, 2.75) is 20.8 Å². The summed E-state index contributed by atoms with van der Waals surface area (Å²) in [5.41, 5.74) is 17.6. The normalized spacial score (nSPS) is 12.3. The molecule has 5 heteroatoms. The van der Waals surface area contributed by atoms with Gasteiger partial charge in [-0.25, -0.2) is 4.98 Å². The van der Waals surface area contributed by atoms with E-state index in [-0.39, 0.29) is 0 Å². The predicted octanol–water partition coefficient (Wildman–Crippen LogP) is 15.1. The van der Waals surface area contributed by atoms with Gasteiger partial charge in [-0.1, -0.05) is 133 Å². The van der Waals surface area contributed by atoms with Crippen molar-refractivity contribution in [3.05, 3.63) is 217 Å². The van der Waals surface area contributed by atoms with Crippen molar-refractivity contribution < 1.29 is 4.74 Å². The monoisotopic (exact) mass is 800 g/mol. The number of benzene rings is 8. The van der Waals surface area contributed by atoms with E-state index in [1.165, 1.54) is 61.6 Å². The summed E-state index contributed by atoms with van der Waals surface area (Å²) in [5, 5.41) is 2.30. The topological polar surface area (TPSA) is 33.5 Å². The highest BCUT2D eigenvalue weighted by Gasteiger charge is 2.30. The Morgan fingerprint density at radius 3 is 1.81 bits per heavy atom. The first kappa shape index (κ1) is 37.1. The zero-order chi connectivity index (χ0) is 41.7. The number of nitrogens with zero attached hydrogens (tertiary/aromatic N) is 4. The van der Waals surface area contributed by atoms with Crippen molar-refractivity contribution in [3.8, 4) is 50.7 Å². The molecular weight excluding hydrogens is 757 g/mol. The number of hydrogen-bond acceptors (Lipinski definition) is 4. The molecule has 0 atom stereocenters. The van der Waals surface area contributed by atoms with Gasteiger partial charge in [0.2, 0.25) is 0 Å². The maximum Gasteiger partial charge on any atom is 0.138 e. The van der Waals surface area contributed by atoms with E-state index in [0.717, 1.165) is 50.4 Å². The highest BCUT2D eigenvalue weighted by Crippen LogP contribution is 2.47. The van der Waals surface area contributed by atoms with Gasteiger partial charge in [-0.15, -0.1) is 0 Å². The van der Waals surface area contributed by atoms with Crippen LogP contribution in [0.4, 0.5) is 22.7 Å². The molecule has 0 saturated heterocycles. The van der Waals surface area contributed by atoms with Crippen LogP contribution < -0.4 is 14.5 Å². The molecule has 5 nitrogen and oxygen atoms in total. The number of aromatic nitrogens is 2. The van der Waals surface area contributed by atoms with Crippen LogP contribution in [0.2, 0.25) is 0 Å². The number of hydrogen-bond donors (Lipinski definition) is 0. The minimum Gasteiger partial charge on any atom is -0.457 e. The Morgan fingerprint density at radius 1 is 0.468 bits per heavy atom. The number of pyridine rings is 1. The van der Waals surface area contributed by atoms with Gasteiger partial charge in [-0.05, 0) is 120 Å². The number of para-hydroxylation sites is 3. The summed E-state index contributed by atoms with van der Waals surface area (Å²) in [5.74, 6) is 2.37. The van der Waals surface area contributed by atoms with E-state index in [4.69, 9.17) is 9.72 Å². The predicted molar refractivity (Wildman–Crippen MR) is 258 cm³/mol. The lowest BCUT2D eigenvalue weighted by Gasteiger charge is -2.25. The maximum absolute atomic E-state index is 6.77. The fourth-order valence-corrected chi connectivity index (χ4v) is 9.61. The molecule has 1 aliphatic heterocycles. The van der Waals surface area contributed by atoms with Crippen LogP contribution in [0.3, 0.4) is 0 Å². The molecule has 3 heterocycles. The van der Waals surface area contributed by atoms with E-state index in [0.29, 0.717) is 6.67 Å².